The fourth-order valence-electron chi connectivity index (χ4n) is 2.26. The van der Waals surface area contributed by atoms with Crippen LogP contribution in [-0.2, 0) is 4.74 Å². The quantitative estimate of drug-likeness (QED) is 0.506. The molecule has 19 heavy (non-hydrogen) atoms. The van der Waals surface area contributed by atoms with Gasteiger partial charge in [0.2, 0.25) is 0 Å². The normalized spacial score (nSPS) is 12.6. The van der Waals surface area contributed by atoms with E-state index in [-0.39, 0.29) is 11.8 Å². The van der Waals surface area contributed by atoms with Crippen LogP contribution in [-0.4, -0.2) is 43.0 Å². The third-order valence-corrected chi connectivity index (χ3v) is 3.32. The number of hydrogen-bond donors (Lipinski definition) is 0. The first kappa shape index (κ1) is 15.9. The van der Waals surface area contributed by atoms with E-state index in [9.17, 15) is 4.79 Å². The van der Waals surface area contributed by atoms with Crippen molar-refractivity contribution in [2.75, 3.05) is 26.3 Å². The van der Waals surface area contributed by atoms with Gasteiger partial charge in [-0.15, -0.1) is 0 Å². The maximum absolute atomic E-state index is 12.5. The Morgan fingerprint density at radius 2 is 1.89 bits per heavy atom. The highest BCUT2D eigenvalue weighted by Crippen LogP contribution is 2.12. The fraction of sp³-hybridized carbons (Fsp3) is 0.562. The van der Waals surface area contributed by atoms with E-state index < -0.39 is 0 Å². The minimum Gasteiger partial charge on any atom is -0.380 e. The third kappa shape index (κ3) is 4.77. The molecule has 0 aliphatic carbocycles. The number of ether oxygens (including phenoxy) is 1. The summed E-state index contributed by atoms with van der Waals surface area (Å²) in [6.45, 7) is 9.22. The van der Waals surface area contributed by atoms with E-state index in [2.05, 4.69) is 18.7 Å². The second-order valence-electron chi connectivity index (χ2n) is 4.48. The molecule has 1 rings (SSSR count). The molecule has 3 nitrogen and oxygen atoms in total. The van der Waals surface area contributed by atoms with Crippen LogP contribution in [0.1, 0.15) is 37.6 Å². The van der Waals surface area contributed by atoms with Crippen LogP contribution < -0.4 is 0 Å². The summed E-state index contributed by atoms with van der Waals surface area (Å²) in [7, 11) is 0. The Labute approximate surface area is 116 Å². The molecule has 0 N–H and O–H groups in total. The van der Waals surface area contributed by atoms with E-state index in [0.29, 0.717) is 6.61 Å². The highest BCUT2D eigenvalue weighted by atomic mass is 16.5. The van der Waals surface area contributed by atoms with Crippen molar-refractivity contribution < 1.29 is 9.53 Å². The van der Waals surface area contributed by atoms with Gasteiger partial charge in [-0.3, -0.25) is 9.69 Å². The smallest absolute Gasteiger partial charge is 0.179 e. The Hall–Kier alpha value is -1.19. The summed E-state index contributed by atoms with van der Waals surface area (Å²) in [5, 5.41) is 0. The largest absolute Gasteiger partial charge is 0.380 e. The van der Waals surface area contributed by atoms with Gasteiger partial charge in [0.25, 0.3) is 0 Å². The topological polar surface area (TPSA) is 29.5 Å². The van der Waals surface area contributed by atoms with E-state index in [1.54, 1.807) is 0 Å². The van der Waals surface area contributed by atoms with Crippen LogP contribution in [0.4, 0.5) is 0 Å². The van der Waals surface area contributed by atoms with Gasteiger partial charge in [0.05, 0.1) is 12.6 Å². The lowest BCUT2D eigenvalue weighted by atomic mass is 10.0. The molecule has 1 aromatic carbocycles. The maximum Gasteiger partial charge on any atom is 0.179 e. The first-order chi connectivity index (χ1) is 9.24. The number of carbonyl (C=O) groups is 1. The summed E-state index contributed by atoms with van der Waals surface area (Å²) in [5.41, 5.74) is 0.796. The zero-order chi connectivity index (χ0) is 14.1. The Bertz CT molecular complexity index is 364. The van der Waals surface area contributed by atoms with Gasteiger partial charge >= 0.3 is 0 Å². The van der Waals surface area contributed by atoms with Gasteiger partial charge in [-0.2, -0.15) is 0 Å². The first-order valence-corrected chi connectivity index (χ1v) is 7.15. The molecule has 0 radical (unpaired) electrons. The zero-order valence-corrected chi connectivity index (χ0v) is 12.3. The molecule has 0 saturated heterocycles. The highest BCUT2D eigenvalue weighted by Gasteiger charge is 2.23. The molecule has 0 amide bonds. The van der Waals surface area contributed by atoms with E-state index in [4.69, 9.17) is 4.74 Å². The van der Waals surface area contributed by atoms with Crippen molar-refractivity contribution in [3.8, 4) is 0 Å². The zero-order valence-electron chi connectivity index (χ0n) is 12.3. The average Bonchev–Trinajstić information content (AvgIpc) is 2.47. The van der Waals surface area contributed by atoms with E-state index in [1.165, 1.54) is 0 Å². The average molecular weight is 263 g/mol. The monoisotopic (exact) mass is 263 g/mol. The fourth-order valence-corrected chi connectivity index (χ4v) is 2.26. The Balaban J connectivity index is 2.71. The minimum atomic E-state index is -0.0483. The molecule has 0 saturated carbocycles. The molecule has 0 aliphatic heterocycles. The van der Waals surface area contributed by atoms with Crippen LogP contribution in [0.2, 0.25) is 0 Å². The Kier molecular flexibility index (Phi) is 7.38. The molecule has 0 aliphatic rings. The molecular weight excluding hydrogens is 238 g/mol. The van der Waals surface area contributed by atoms with Gasteiger partial charge in [-0.05, 0) is 19.9 Å². The number of carbonyl (C=O) groups excluding carboxylic acids is 1. The Morgan fingerprint density at radius 1 is 1.21 bits per heavy atom. The first-order valence-electron chi connectivity index (χ1n) is 7.15. The molecule has 1 aromatic rings. The third-order valence-electron chi connectivity index (χ3n) is 3.32. The lowest BCUT2D eigenvalue weighted by Gasteiger charge is -2.28. The van der Waals surface area contributed by atoms with Crippen molar-refractivity contribution >= 4 is 5.78 Å². The molecule has 0 heterocycles. The van der Waals surface area contributed by atoms with Gasteiger partial charge in [-0.25, -0.2) is 0 Å². The second kappa shape index (κ2) is 8.83. The van der Waals surface area contributed by atoms with Crippen LogP contribution in [0, 0.1) is 0 Å². The van der Waals surface area contributed by atoms with E-state index in [1.807, 2.05) is 37.3 Å². The summed E-state index contributed by atoms with van der Waals surface area (Å²) in [6, 6.07) is 9.49. The molecule has 106 valence electrons. The van der Waals surface area contributed by atoms with Gasteiger partial charge < -0.3 is 4.74 Å². The van der Waals surface area contributed by atoms with E-state index in [0.717, 1.165) is 31.7 Å². The lowest BCUT2D eigenvalue weighted by molar-refractivity contribution is 0.0705. The highest BCUT2D eigenvalue weighted by molar-refractivity contribution is 6.00. The SMILES string of the molecule is CCOCCN(CC)C(CC)C(=O)c1ccccc1. The summed E-state index contributed by atoms with van der Waals surface area (Å²) in [5.74, 6) is 0.210. The van der Waals surface area contributed by atoms with Crippen molar-refractivity contribution in [1.82, 2.24) is 4.90 Å². The number of Topliss-reactive ketones (excluding diaryl/α,β-unsaturated/α-hetero) is 1. The number of ketones is 1. The summed E-state index contributed by atoms with van der Waals surface area (Å²) in [4.78, 5) is 14.7. The maximum atomic E-state index is 12.5. The lowest BCUT2D eigenvalue weighted by Crippen LogP contribution is -2.42. The van der Waals surface area contributed by atoms with Crippen LogP contribution in [0.3, 0.4) is 0 Å². The predicted molar refractivity (Wildman–Crippen MR) is 78.6 cm³/mol. The van der Waals surface area contributed by atoms with Crippen LogP contribution in [0.25, 0.3) is 0 Å². The number of likely N-dealkylation sites (N-methyl/N-ethyl adjacent to an activating group) is 1. The number of rotatable bonds is 9. The second-order valence-corrected chi connectivity index (χ2v) is 4.48. The number of benzene rings is 1. The van der Waals surface area contributed by atoms with Crippen molar-refractivity contribution in [2.24, 2.45) is 0 Å². The molecule has 0 fully saturated rings. The minimum absolute atomic E-state index is 0.0483. The van der Waals surface area contributed by atoms with Gasteiger partial charge in [0.1, 0.15) is 0 Å². The summed E-state index contributed by atoms with van der Waals surface area (Å²) < 4.78 is 5.39. The van der Waals surface area contributed by atoms with E-state index >= 15 is 0 Å². The molecule has 3 heteroatoms. The van der Waals surface area contributed by atoms with Gasteiger partial charge in [0.15, 0.2) is 5.78 Å². The van der Waals surface area contributed by atoms with Gasteiger partial charge in [-0.1, -0.05) is 44.2 Å². The Morgan fingerprint density at radius 3 is 2.42 bits per heavy atom. The van der Waals surface area contributed by atoms with Crippen LogP contribution in [0.5, 0.6) is 0 Å². The molecule has 1 atom stereocenters. The summed E-state index contributed by atoms with van der Waals surface area (Å²) >= 11 is 0. The molecule has 0 spiro atoms. The number of nitrogens with zero attached hydrogens (tertiary/aromatic N) is 1. The molecular formula is C16H25NO2. The van der Waals surface area contributed by atoms with Crippen molar-refractivity contribution in [2.45, 2.75) is 33.2 Å². The van der Waals surface area contributed by atoms with Crippen molar-refractivity contribution in [3.05, 3.63) is 35.9 Å². The standard InChI is InChI=1S/C16H25NO2/c1-4-15(17(5-2)12-13-19-6-3)16(18)14-10-8-7-9-11-14/h7-11,15H,4-6,12-13H2,1-3H3. The van der Waals surface area contributed by atoms with Crippen molar-refractivity contribution in [3.63, 3.8) is 0 Å². The number of hydrogen-bond acceptors (Lipinski definition) is 3. The van der Waals surface area contributed by atoms with Crippen LogP contribution in [0.15, 0.2) is 30.3 Å². The van der Waals surface area contributed by atoms with Gasteiger partial charge in [0, 0.05) is 18.7 Å². The predicted octanol–water partition coefficient (Wildman–Crippen LogP) is 3.01. The van der Waals surface area contributed by atoms with Crippen LogP contribution >= 0.6 is 0 Å². The molecule has 0 bridgehead atoms. The van der Waals surface area contributed by atoms with Crippen molar-refractivity contribution in [1.29, 1.82) is 0 Å². The molecule has 0 aromatic heterocycles. The molecule has 1 unspecified atom stereocenters. The summed E-state index contributed by atoms with van der Waals surface area (Å²) in [6.07, 6.45) is 0.827.